The largest absolute Gasteiger partial charge is 0.472 e. The van der Waals surface area contributed by atoms with Crippen LogP contribution in [0.2, 0.25) is 0 Å². The molecule has 0 aromatic heterocycles. The van der Waals surface area contributed by atoms with Crippen molar-refractivity contribution in [2.75, 3.05) is 47.5 Å². The number of esters is 2. The van der Waals surface area contributed by atoms with E-state index in [1.54, 1.807) is 0 Å². The number of phosphoric ester groups is 1. The van der Waals surface area contributed by atoms with Crippen molar-refractivity contribution in [2.24, 2.45) is 0 Å². The number of allylic oxidation sites excluding steroid dienone is 2. The van der Waals surface area contributed by atoms with Crippen LogP contribution in [0.1, 0.15) is 162 Å². The summed E-state index contributed by atoms with van der Waals surface area (Å²) in [7, 11) is 1.47. The zero-order valence-corrected chi connectivity index (χ0v) is 31.9. The first-order valence-electron chi connectivity index (χ1n) is 18.9. The molecule has 1 unspecified atom stereocenters. The first kappa shape index (κ1) is 45.8. The highest BCUT2D eigenvalue weighted by Gasteiger charge is 2.27. The van der Waals surface area contributed by atoms with Crippen LogP contribution >= 0.6 is 7.82 Å². The van der Waals surface area contributed by atoms with E-state index in [4.69, 9.17) is 18.5 Å². The first-order chi connectivity index (χ1) is 22.5. The highest BCUT2D eigenvalue weighted by atomic mass is 31.2. The van der Waals surface area contributed by atoms with E-state index in [2.05, 4.69) is 26.0 Å². The van der Waals surface area contributed by atoms with E-state index in [-0.39, 0.29) is 25.6 Å². The highest BCUT2D eigenvalue weighted by Crippen LogP contribution is 2.43. The lowest BCUT2D eigenvalue weighted by atomic mass is 10.1. The maximum atomic E-state index is 12.6. The topological polar surface area (TPSA) is 108 Å². The summed E-state index contributed by atoms with van der Waals surface area (Å²) in [6.45, 7) is 4.37. The van der Waals surface area contributed by atoms with Crippen LogP contribution in [-0.4, -0.2) is 74.9 Å². The van der Waals surface area contributed by atoms with Crippen LogP contribution in [0.3, 0.4) is 0 Å². The lowest BCUT2D eigenvalue weighted by Crippen LogP contribution is -2.37. The van der Waals surface area contributed by atoms with Gasteiger partial charge in [-0.25, -0.2) is 4.57 Å². The fourth-order valence-electron chi connectivity index (χ4n) is 5.01. The molecule has 2 atom stereocenters. The molecule has 47 heavy (non-hydrogen) atoms. The van der Waals surface area contributed by atoms with Crippen molar-refractivity contribution in [2.45, 2.75) is 168 Å². The summed E-state index contributed by atoms with van der Waals surface area (Å²) in [5, 5.41) is 0. The first-order valence-corrected chi connectivity index (χ1v) is 20.4. The number of hydrogen-bond donors (Lipinski definition) is 1. The molecule has 0 aromatic rings. The van der Waals surface area contributed by atoms with Gasteiger partial charge in [-0.05, 0) is 38.5 Å². The molecule has 0 saturated carbocycles. The minimum Gasteiger partial charge on any atom is -0.462 e. The number of quaternary nitrogens is 1. The predicted octanol–water partition coefficient (Wildman–Crippen LogP) is 9.85. The van der Waals surface area contributed by atoms with E-state index in [1.807, 2.05) is 21.1 Å². The quantitative estimate of drug-likeness (QED) is 0.0234. The molecule has 0 aromatic carbocycles. The Morgan fingerprint density at radius 3 is 1.62 bits per heavy atom. The van der Waals surface area contributed by atoms with Crippen molar-refractivity contribution in [3.05, 3.63) is 12.2 Å². The summed E-state index contributed by atoms with van der Waals surface area (Å²) >= 11 is 0. The SMILES string of the molecule is CCCCC/C=C/CCCCCCCC(=O)O[C@@H](COC(=O)CCCCCCCCCCCCC)COP(=O)(O)OCC[N+](C)(C)C. The summed E-state index contributed by atoms with van der Waals surface area (Å²) < 4.78 is 34.1. The van der Waals surface area contributed by atoms with Crippen LogP contribution in [0.25, 0.3) is 0 Å². The monoisotopic (exact) mass is 691 g/mol. The zero-order chi connectivity index (χ0) is 35.1. The van der Waals surface area contributed by atoms with E-state index in [9.17, 15) is 19.0 Å². The molecule has 0 aliphatic carbocycles. The molecule has 0 spiro atoms. The molecule has 1 N–H and O–H groups in total. The summed E-state index contributed by atoms with van der Waals surface area (Å²) in [4.78, 5) is 35.1. The minimum absolute atomic E-state index is 0.0327. The number of carbonyl (C=O) groups is 2. The van der Waals surface area contributed by atoms with Crippen molar-refractivity contribution >= 4 is 19.8 Å². The summed E-state index contributed by atoms with van der Waals surface area (Å²) in [6, 6.07) is 0. The Balaban J connectivity index is 4.46. The third-order valence-electron chi connectivity index (χ3n) is 8.05. The third-order valence-corrected chi connectivity index (χ3v) is 9.03. The fraction of sp³-hybridized carbons (Fsp3) is 0.892. The Kier molecular flexibility index (Phi) is 30.0. The van der Waals surface area contributed by atoms with Gasteiger partial charge >= 0.3 is 19.8 Å². The molecule has 10 heteroatoms. The normalized spacial score (nSPS) is 13.9. The zero-order valence-electron chi connectivity index (χ0n) is 31.0. The Labute approximate surface area is 288 Å². The van der Waals surface area contributed by atoms with Gasteiger partial charge < -0.3 is 18.9 Å². The lowest BCUT2D eigenvalue weighted by Gasteiger charge is -2.24. The predicted molar refractivity (Wildman–Crippen MR) is 192 cm³/mol. The van der Waals surface area contributed by atoms with Crippen molar-refractivity contribution in [1.82, 2.24) is 0 Å². The average molecular weight is 691 g/mol. The number of phosphoric acid groups is 1. The molecule has 0 heterocycles. The summed E-state index contributed by atoms with van der Waals surface area (Å²) in [5.74, 6) is -0.807. The molecule has 0 bridgehead atoms. The standard InChI is InChI=1S/C37H72NO8P/c1-6-8-10-12-14-16-18-20-22-24-26-28-30-37(40)46-35(34-45-47(41,42)44-32-31-38(3,4)5)33-43-36(39)29-27-25-23-21-19-17-15-13-11-9-7-2/h14,16,35H,6-13,15,17-34H2,1-5H3/p+1/b16-14+/t35-/m0/s1. The number of hydrogen-bond acceptors (Lipinski definition) is 7. The smallest absolute Gasteiger partial charge is 0.462 e. The second-order valence-electron chi connectivity index (χ2n) is 14.0. The average Bonchev–Trinajstić information content (AvgIpc) is 3.01. The molecular formula is C37H73NO8P+. The van der Waals surface area contributed by atoms with Crippen LogP contribution in [0.5, 0.6) is 0 Å². The number of likely N-dealkylation sites (N-methyl/N-ethyl adjacent to an activating group) is 1. The van der Waals surface area contributed by atoms with Crippen LogP contribution in [-0.2, 0) is 32.7 Å². The van der Waals surface area contributed by atoms with Crippen molar-refractivity contribution in [3.63, 3.8) is 0 Å². The number of carbonyl (C=O) groups excluding carboxylic acids is 2. The Morgan fingerprint density at radius 2 is 1.09 bits per heavy atom. The Hall–Kier alpha value is -1.25. The molecule has 9 nitrogen and oxygen atoms in total. The van der Waals surface area contributed by atoms with Crippen LogP contribution in [0.15, 0.2) is 12.2 Å². The maximum Gasteiger partial charge on any atom is 0.472 e. The number of rotatable bonds is 34. The Morgan fingerprint density at radius 1 is 0.638 bits per heavy atom. The third kappa shape index (κ3) is 34.4. The van der Waals surface area contributed by atoms with E-state index in [0.717, 1.165) is 51.4 Å². The Bertz CT molecular complexity index is 830. The number of ether oxygens (including phenoxy) is 2. The molecule has 278 valence electrons. The second kappa shape index (κ2) is 30.8. The lowest BCUT2D eigenvalue weighted by molar-refractivity contribution is -0.870. The van der Waals surface area contributed by atoms with Gasteiger partial charge in [0.15, 0.2) is 6.10 Å². The highest BCUT2D eigenvalue weighted by molar-refractivity contribution is 7.47. The van der Waals surface area contributed by atoms with Gasteiger partial charge in [-0.2, -0.15) is 0 Å². The molecule has 0 rings (SSSR count). The van der Waals surface area contributed by atoms with Gasteiger partial charge in [0.25, 0.3) is 0 Å². The molecule has 0 radical (unpaired) electrons. The minimum atomic E-state index is -4.36. The van der Waals surface area contributed by atoms with E-state index >= 15 is 0 Å². The van der Waals surface area contributed by atoms with Crippen LogP contribution < -0.4 is 0 Å². The second-order valence-corrected chi connectivity index (χ2v) is 15.4. The van der Waals surface area contributed by atoms with E-state index in [0.29, 0.717) is 23.9 Å². The van der Waals surface area contributed by atoms with Gasteiger partial charge in [-0.1, -0.05) is 122 Å². The van der Waals surface area contributed by atoms with Gasteiger partial charge in [-0.15, -0.1) is 0 Å². The van der Waals surface area contributed by atoms with Crippen LogP contribution in [0, 0.1) is 0 Å². The van der Waals surface area contributed by atoms with E-state index in [1.165, 1.54) is 77.0 Å². The summed E-state index contributed by atoms with van der Waals surface area (Å²) in [5.41, 5.74) is 0. The van der Waals surface area contributed by atoms with Gasteiger partial charge in [0.2, 0.25) is 0 Å². The fourth-order valence-corrected chi connectivity index (χ4v) is 5.75. The number of nitrogens with zero attached hydrogens (tertiary/aromatic N) is 1. The van der Waals surface area contributed by atoms with Crippen molar-refractivity contribution < 1.29 is 42.1 Å². The summed E-state index contributed by atoms with van der Waals surface area (Å²) in [6.07, 6.45) is 28.3. The van der Waals surface area contributed by atoms with Crippen LogP contribution in [0.4, 0.5) is 0 Å². The van der Waals surface area contributed by atoms with Crippen molar-refractivity contribution in [1.29, 1.82) is 0 Å². The molecule has 0 aliphatic rings. The molecule has 0 aliphatic heterocycles. The van der Waals surface area contributed by atoms with Gasteiger partial charge in [0, 0.05) is 12.8 Å². The van der Waals surface area contributed by atoms with Gasteiger partial charge in [0.1, 0.15) is 19.8 Å². The van der Waals surface area contributed by atoms with E-state index < -0.39 is 26.5 Å². The van der Waals surface area contributed by atoms with Gasteiger partial charge in [0.05, 0.1) is 27.7 Å². The number of unbranched alkanes of at least 4 members (excludes halogenated alkanes) is 18. The van der Waals surface area contributed by atoms with Crippen molar-refractivity contribution in [3.8, 4) is 0 Å². The maximum absolute atomic E-state index is 12.6. The molecule has 0 saturated heterocycles. The van der Waals surface area contributed by atoms with Gasteiger partial charge in [-0.3, -0.25) is 18.6 Å². The molecular weight excluding hydrogens is 617 g/mol. The molecule has 0 fully saturated rings. The molecule has 0 amide bonds.